The van der Waals surface area contributed by atoms with Crippen molar-refractivity contribution in [3.8, 4) is 11.6 Å². The number of aromatic nitrogens is 3. The highest BCUT2D eigenvalue weighted by atomic mass is 19.2. The van der Waals surface area contributed by atoms with Gasteiger partial charge in [0.2, 0.25) is 5.88 Å². The van der Waals surface area contributed by atoms with Gasteiger partial charge in [0.05, 0.1) is 5.52 Å². The summed E-state index contributed by atoms with van der Waals surface area (Å²) in [5.74, 6) is -1.35. The minimum Gasteiger partial charge on any atom is -0.435 e. The van der Waals surface area contributed by atoms with Gasteiger partial charge in [0, 0.05) is 13.3 Å². The smallest absolute Gasteiger partial charge is 0.241 e. The zero-order valence-corrected chi connectivity index (χ0v) is 14.3. The molecule has 5 nitrogen and oxygen atoms in total. The molecule has 0 saturated heterocycles. The van der Waals surface area contributed by atoms with E-state index in [2.05, 4.69) is 15.0 Å². The van der Waals surface area contributed by atoms with E-state index in [0.717, 1.165) is 6.07 Å². The van der Waals surface area contributed by atoms with Gasteiger partial charge in [-0.05, 0) is 45.0 Å². The summed E-state index contributed by atoms with van der Waals surface area (Å²) in [6.45, 7) is 5.34. The van der Waals surface area contributed by atoms with Crippen molar-refractivity contribution >= 4 is 11.0 Å². The summed E-state index contributed by atoms with van der Waals surface area (Å²) in [6, 6.07) is 5.83. The van der Waals surface area contributed by atoms with Gasteiger partial charge in [-0.3, -0.25) is 4.98 Å². The molecule has 0 aliphatic rings. The molecule has 3 rings (SSSR count). The van der Waals surface area contributed by atoms with E-state index in [9.17, 15) is 8.78 Å². The van der Waals surface area contributed by atoms with Gasteiger partial charge < -0.3 is 9.47 Å². The van der Waals surface area contributed by atoms with Crippen LogP contribution in [0.1, 0.15) is 25.2 Å². The minimum atomic E-state index is -1.03. The van der Waals surface area contributed by atoms with Gasteiger partial charge in [-0.15, -0.1) is 0 Å². The number of methoxy groups -OCH3 is 1. The fourth-order valence-corrected chi connectivity index (χ4v) is 2.35. The highest BCUT2D eigenvalue weighted by molar-refractivity contribution is 5.75. The fraction of sp³-hybridized carbons (Fsp3) is 0.278. The van der Waals surface area contributed by atoms with Crippen LogP contribution in [0.5, 0.6) is 11.6 Å². The van der Waals surface area contributed by atoms with E-state index in [1.807, 2.05) is 13.8 Å². The largest absolute Gasteiger partial charge is 0.435 e. The molecule has 130 valence electrons. The van der Waals surface area contributed by atoms with Gasteiger partial charge in [0.25, 0.3) is 0 Å². The zero-order chi connectivity index (χ0) is 18.2. The van der Waals surface area contributed by atoms with Crippen LogP contribution in [0.15, 0.2) is 30.5 Å². The molecule has 0 radical (unpaired) electrons. The predicted octanol–water partition coefficient (Wildman–Crippen LogP) is 4.29. The Kier molecular flexibility index (Phi) is 4.34. The standard InChI is InChI=1S/C18H17F2N3O2/c1-10-17(23-12-8-7-11(19)14(20)15(12)22-10)25-13-6-5-9-21-16(13)18(2,3)24-4/h5-9H,1-4H3. The molecular formula is C18H17F2N3O2. The third kappa shape index (κ3) is 3.15. The van der Waals surface area contributed by atoms with Crippen LogP contribution in [0, 0.1) is 18.6 Å². The number of hydrogen-bond donors (Lipinski definition) is 0. The molecule has 7 heteroatoms. The van der Waals surface area contributed by atoms with E-state index in [0.29, 0.717) is 17.1 Å². The van der Waals surface area contributed by atoms with Crippen LogP contribution in [-0.2, 0) is 10.3 Å². The van der Waals surface area contributed by atoms with E-state index in [4.69, 9.17) is 9.47 Å². The van der Waals surface area contributed by atoms with Crippen LogP contribution in [0.4, 0.5) is 8.78 Å². The second-order valence-electron chi connectivity index (χ2n) is 6.01. The lowest BCUT2D eigenvalue weighted by Gasteiger charge is -2.24. The first-order valence-corrected chi connectivity index (χ1v) is 7.64. The summed E-state index contributed by atoms with van der Waals surface area (Å²) < 4.78 is 38.5. The Morgan fingerprint density at radius 1 is 1.08 bits per heavy atom. The van der Waals surface area contributed by atoms with Gasteiger partial charge in [-0.1, -0.05) is 0 Å². The van der Waals surface area contributed by atoms with Crippen LogP contribution in [-0.4, -0.2) is 22.1 Å². The average molecular weight is 345 g/mol. The molecule has 2 heterocycles. The normalized spacial score (nSPS) is 11.8. The Bertz CT molecular complexity index is 945. The quantitative estimate of drug-likeness (QED) is 0.706. The summed E-state index contributed by atoms with van der Waals surface area (Å²) in [5, 5.41) is 0. The highest BCUT2D eigenvalue weighted by Gasteiger charge is 2.26. The van der Waals surface area contributed by atoms with Crippen molar-refractivity contribution < 1.29 is 18.3 Å². The van der Waals surface area contributed by atoms with Crippen LogP contribution in [0.2, 0.25) is 0 Å². The zero-order valence-electron chi connectivity index (χ0n) is 14.3. The molecule has 0 fully saturated rings. The number of benzene rings is 1. The van der Waals surface area contributed by atoms with Crippen molar-refractivity contribution in [1.29, 1.82) is 0 Å². The molecule has 0 N–H and O–H groups in total. The Morgan fingerprint density at radius 3 is 2.56 bits per heavy atom. The molecule has 0 atom stereocenters. The van der Waals surface area contributed by atoms with Crippen LogP contribution >= 0.6 is 0 Å². The average Bonchev–Trinajstić information content (AvgIpc) is 2.60. The molecule has 1 aromatic carbocycles. The third-order valence-electron chi connectivity index (χ3n) is 3.92. The molecule has 2 aromatic heterocycles. The van der Waals surface area contributed by atoms with Crippen molar-refractivity contribution in [2.45, 2.75) is 26.4 Å². The topological polar surface area (TPSA) is 57.1 Å². The number of ether oxygens (including phenoxy) is 2. The lowest BCUT2D eigenvalue weighted by molar-refractivity contribution is 0.0137. The van der Waals surface area contributed by atoms with Crippen molar-refractivity contribution in [1.82, 2.24) is 15.0 Å². The van der Waals surface area contributed by atoms with Gasteiger partial charge in [-0.2, -0.15) is 0 Å². The summed E-state index contributed by atoms with van der Waals surface area (Å²) in [6.07, 6.45) is 1.64. The van der Waals surface area contributed by atoms with Crippen molar-refractivity contribution in [2.24, 2.45) is 0 Å². The van der Waals surface area contributed by atoms with Gasteiger partial charge in [0.1, 0.15) is 22.5 Å². The van der Waals surface area contributed by atoms with E-state index < -0.39 is 17.2 Å². The molecule has 0 amide bonds. The second-order valence-corrected chi connectivity index (χ2v) is 6.01. The van der Waals surface area contributed by atoms with Gasteiger partial charge in [-0.25, -0.2) is 18.7 Å². The summed E-state index contributed by atoms with van der Waals surface area (Å²) in [5.41, 5.74) is 0.319. The maximum Gasteiger partial charge on any atom is 0.241 e. The van der Waals surface area contributed by atoms with E-state index in [1.165, 1.54) is 6.07 Å². The molecular weight excluding hydrogens is 328 g/mol. The van der Waals surface area contributed by atoms with E-state index in [-0.39, 0.29) is 16.9 Å². The molecule has 0 aliphatic carbocycles. The molecule has 0 saturated carbocycles. The minimum absolute atomic E-state index is 0.131. The number of nitrogens with zero attached hydrogens (tertiary/aromatic N) is 3. The number of rotatable bonds is 4. The number of aryl methyl sites for hydroxylation is 1. The van der Waals surface area contributed by atoms with Crippen LogP contribution < -0.4 is 4.74 Å². The lowest BCUT2D eigenvalue weighted by atomic mass is 10.0. The first kappa shape index (κ1) is 17.2. The summed E-state index contributed by atoms with van der Waals surface area (Å²) in [7, 11) is 1.58. The second kappa shape index (κ2) is 6.33. The molecule has 0 aliphatic heterocycles. The fourth-order valence-electron chi connectivity index (χ4n) is 2.35. The Balaban J connectivity index is 2.08. The lowest BCUT2D eigenvalue weighted by Crippen LogP contribution is -2.22. The first-order valence-electron chi connectivity index (χ1n) is 7.64. The summed E-state index contributed by atoms with van der Waals surface area (Å²) in [4.78, 5) is 12.7. The van der Waals surface area contributed by atoms with Crippen LogP contribution in [0.25, 0.3) is 11.0 Å². The van der Waals surface area contributed by atoms with Gasteiger partial charge >= 0.3 is 0 Å². The number of pyridine rings is 1. The maximum atomic E-state index is 13.9. The van der Waals surface area contributed by atoms with Crippen molar-refractivity contribution in [3.05, 3.63) is 53.5 Å². The molecule has 25 heavy (non-hydrogen) atoms. The number of halogens is 2. The number of hydrogen-bond acceptors (Lipinski definition) is 5. The first-order chi connectivity index (χ1) is 11.8. The maximum absolute atomic E-state index is 13.9. The van der Waals surface area contributed by atoms with Crippen molar-refractivity contribution in [2.75, 3.05) is 7.11 Å². The Hall–Kier alpha value is -2.67. The molecule has 3 aromatic rings. The Labute approximate surface area is 143 Å². The van der Waals surface area contributed by atoms with Crippen molar-refractivity contribution in [3.63, 3.8) is 0 Å². The number of fused-ring (bicyclic) bond motifs is 1. The van der Waals surface area contributed by atoms with E-state index in [1.54, 1.807) is 32.4 Å². The molecule has 0 bridgehead atoms. The third-order valence-corrected chi connectivity index (χ3v) is 3.92. The summed E-state index contributed by atoms with van der Waals surface area (Å²) >= 11 is 0. The SMILES string of the molecule is COC(C)(C)c1ncccc1Oc1nc2ccc(F)c(F)c2nc1C. The van der Waals surface area contributed by atoms with E-state index >= 15 is 0 Å². The predicted molar refractivity (Wildman–Crippen MR) is 88.5 cm³/mol. The molecule has 0 unspecified atom stereocenters. The Morgan fingerprint density at radius 2 is 1.84 bits per heavy atom. The molecule has 0 spiro atoms. The van der Waals surface area contributed by atoms with Crippen LogP contribution in [0.3, 0.4) is 0 Å². The monoisotopic (exact) mass is 345 g/mol. The highest BCUT2D eigenvalue weighted by Crippen LogP contribution is 2.33. The van der Waals surface area contributed by atoms with Gasteiger partial charge in [0.15, 0.2) is 17.4 Å².